The molecule has 0 aliphatic heterocycles. The number of ether oxygens (including phenoxy) is 1. The van der Waals surface area contributed by atoms with Crippen LogP contribution < -0.4 is 10.1 Å². The van der Waals surface area contributed by atoms with Crippen LogP contribution in [-0.2, 0) is 6.54 Å². The fraction of sp³-hybridized carbons (Fsp3) is 0.286. The lowest BCUT2D eigenvalue weighted by Gasteiger charge is -2.13. The third kappa shape index (κ3) is 3.28. The van der Waals surface area contributed by atoms with Crippen LogP contribution in [0.2, 0.25) is 0 Å². The van der Waals surface area contributed by atoms with Gasteiger partial charge in [0.25, 0.3) is 0 Å². The number of aromatic nitrogens is 2. The Morgan fingerprint density at radius 1 is 1.22 bits per heavy atom. The van der Waals surface area contributed by atoms with Gasteiger partial charge in [0.1, 0.15) is 0 Å². The van der Waals surface area contributed by atoms with E-state index in [4.69, 9.17) is 4.74 Å². The maximum absolute atomic E-state index is 5.02. The first-order valence-electron chi connectivity index (χ1n) is 5.93. The van der Waals surface area contributed by atoms with Gasteiger partial charge in [-0.25, -0.2) is 4.98 Å². The number of hydrogen-bond donors (Lipinski definition) is 1. The predicted molar refractivity (Wildman–Crippen MR) is 70.3 cm³/mol. The summed E-state index contributed by atoms with van der Waals surface area (Å²) in [6.07, 6.45) is 3.62. The van der Waals surface area contributed by atoms with Crippen LogP contribution in [0.15, 0.2) is 42.7 Å². The maximum Gasteiger partial charge on any atom is 0.212 e. The van der Waals surface area contributed by atoms with E-state index in [1.807, 2.05) is 42.7 Å². The molecule has 2 heterocycles. The van der Waals surface area contributed by atoms with Crippen molar-refractivity contribution in [2.24, 2.45) is 0 Å². The summed E-state index contributed by atoms with van der Waals surface area (Å²) < 4.78 is 5.02. The van der Waals surface area contributed by atoms with E-state index >= 15 is 0 Å². The lowest BCUT2D eigenvalue weighted by Crippen LogP contribution is -2.19. The summed E-state index contributed by atoms with van der Waals surface area (Å²) >= 11 is 0. The van der Waals surface area contributed by atoms with Crippen molar-refractivity contribution in [1.29, 1.82) is 0 Å². The molecular weight excluding hydrogens is 226 g/mol. The summed E-state index contributed by atoms with van der Waals surface area (Å²) in [4.78, 5) is 8.49. The third-order valence-corrected chi connectivity index (χ3v) is 2.75. The summed E-state index contributed by atoms with van der Waals surface area (Å²) in [6, 6.07) is 10.0. The van der Waals surface area contributed by atoms with Gasteiger partial charge in [-0.3, -0.25) is 4.98 Å². The minimum Gasteiger partial charge on any atom is -0.481 e. The van der Waals surface area contributed by atoms with Gasteiger partial charge in [0.2, 0.25) is 5.88 Å². The summed E-state index contributed by atoms with van der Waals surface area (Å²) in [5.74, 6) is 0.636. The number of nitrogens with zero attached hydrogens (tertiary/aromatic N) is 2. The molecule has 0 radical (unpaired) electrons. The van der Waals surface area contributed by atoms with E-state index in [0.717, 1.165) is 17.8 Å². The number of hydrogen-bond acceptors (Lipinski definition) is 4. The van der Waals surface area contributed by atoms with Gasteiger partial charge in [0.05, 0.1) is 12.8 Å². The largest absolute Gasteiger partial charge is 0.481 e. The van der Waals surface area contributed by atoms with Gasteiger partial charge in [-0.1, -0.05) is 12.1 Å². The zero-order chi connectivity index (χ0) is 12.8. The van der Waals surface area contributed by atoms with E-state index in [-0.39, 0.29) is 6.04 Å². The number of methoxy groups -OCH3 is 1. The normalized spacial score (nSPS) is 12.1. The number of nitrogens with one attached hydrogen (secondary N) is 1. The summed E-state index contributed by atoms with van der Waals surface area (Å²) in [6.45, 7) is 2.86. The second-order valence-electron chi connectivity index (χ2n) is 4.07. The van der Waals surface area contributed by atoms with Crippen LogP contribution in [0.25, 0.3) is 0 Å². The zero-order valence-electron chi connectivity index (χ0n) is 10.6. The molecule has 0 amide bonds. The average Bonchev–Trinajstić information content (AvgIpc) is 2.46. The van der Waals surface area contributed by atoms with Crippen LogP contribution in [-0.4, -0.2) is 17.1 Å². The van der Waals surface area contributed by atoms with Gasteiger partial charge in [-0.2, -0.15) is 0 Å². The fourth-order valence-corrected chi connectivity index (χ4v) is 1.64. The monoisotopic (exact) mass is 243 g/mol. The molecule has 4 heteroatoms. The standard InChI is InChI=1S/C14H17N3O/c1-11(13-5-3-4-8-15-13)16-9-12-6-7-14(18-2)17-10-12/h3-8,10-11,16H,9H2,1-2H3. The molecule has 0 fully saturated rings. The molecule has 2 aromatic rings. The van der Waals surface area contributed by atoms with Crippen molar-refractivity contribution >= 4 is 0 Å². The van der Waals surface area contributed by atoms with Crippen molar-refractivity contribution in [2.45, 2.75) is 19.5 Å². The van der Waals surface area contributed by atoms with Gasteiger partial charge >= 0.3 is 0 Å². The molecule has 1 atom stereocenters. The molecule has 0 aromatic carbocycles. The van der Waals surface area contributed by atoms with Crippen LogP contribution in [0.1, 0.15) is 24.2 Å². The molecule has 0 saturated carbocycles. The Labute approximate surface area is 107 Å². The molecule has 2 aromatic heterocycles. The lowest BCUT2D eigenvalue weighted by molar-refractivity contribution is 0.397. The van der Waals surface area contributed by atoms with Crippen molar-refractivity contribution in [3.63, 3.8) is 0 Å². The highest BCUT2D eigenvalue weighted by Crippen LogP contribution is 2.10. The molecule has 1 N–H and O–H groups in total. The molecule has 0 saturated heterocycles. The van der Waals surface area contributed by atoms with Crippen LogP contribution in [0.5, 0.6) is 5.88 Å². The first kappa shape index (κ1) is 12.5. The Kier molecular flexibility index (Phi) is 4.25. The molecule has 0 aliphatic rings. The highest BCUT2D eigenvalue weighted by molar-refractivity contribution is 5.18. The second kappa shape index (κ2) is 6.12. The van der Waals surface area contributed by atoms with Gasteiger partial charge < -0.3 is 10.1 Å². The highest BCUT2D eigenvalue weighted by Gasteiger charge is 2.05. The van der Waals surface area contributed by atoms with Gasteiger partial charge in [0, 0.05) is 31.0 Å². The quantitative estimate of drug-likeness (QED) is 0.875. The Morgan fingerprint density at radius 3 is 2.72 bits per heavy atom. The Hall–Kier alpha value is -1.94. The molecule has 94 valence electrons. The molecule has 0 spiro atoms. The Bertz CT molecular complexity index is 470. The van der Waals surface area contributed by atoms with Gasteiger partial charge in [0.15, 0.2) is 0 Å². The number of pyridine rings is 2. The molecular formula is C14H17N3O. The Morgan fingerprint density at radius 2 is 2.11 bits per heavy atom. The van der Waals surface area contributed by atoms with E-state index < -0.39 is 0 Å². The minimum atomic E-state index is 0.216. The first-order valence-corrected chi connectivity index (χ1v) is 5.93. The predicted octanol–water partition coefficient (Wildman–Crippen LogP) is 2.34. The van der Waals surface area contributed by atoms with E-state index in [2.05, 4.69) is 22.2 Å². The maximum atomic E-state index is 5.02. The van der Waals surface area contributed by atoms with E-state index in [1.165, 1.54) is 0 Å². The average molecular weight is 243 g/mol. The van der Waals surface area contributed by atoms with E-state index in [1.54, 1.807) is 7.11 Å². The molecule has 1 unspecified atom stereocenters. The third-order valence-electron chi connectivity index (χ3n) is 2.75. The SMILES string of the molecule is COc1ccc(CNC(C)c2ccccn2)cn1. The van der Waals surface area contributed by atoms with Crippen LogP contribution in [0.3, 0.4) is 0 Å². The summed E-state index contributed by atoms with van der Waals surface area (Å²) in [7, 11) is 1.61. The molecule has 18 heavy (non-hydrogen) atoms. The lowest BCUT2D eigenvalue weighted by atomic mass is 10.2. The van der Waals surface area contributed by atoms with Crippen molar-refractivity contribution < 1.29 is 4.74 Å². The Balaban J connectivity index is 1.91. The zero-order valence-corrected chi connectivity index (χ0v) is 10.6. The van der Waals surface area contributed by atoms with Crippen LogP contribution >= 0.6 is 0 Å². The molecule has 2 rings (SSSR count). The smallest absolute Gasteiger partial charge is 0.212 e. The molecule has 0 bridgehead atoms. The van der Waals surface area contributed by atoms with Crippen molar-refractivity contribution in [2.75, 3.05) is 7.11 Å². The first-order chi connectivity index (χ1) is 8.79. The fourth-order valence-electron chi connectivity index (χ4n) is 1.64. The molecule has 4 nitrogen and oxygen atoms in total. The van der Waals surface area contributed by atoms with Crippen molar-refractivity contribution in [3.8, 4) is 5.88 Å². The number of rotatable bonds is 5. The van der Waals surface area contributed by atoms with Crippen molar-refractivity contribution in [1.82, 2.24) is 15.3 Å². The van der Waals surface area contributed by atoms with Crippen LogP contribution in [0.4, 0.5) is 0 Å². The molecule has 0 aliphatic carbocycles. The van der Waals surface area contributed by atoms with Crippen molar-refractivity contribution in [3.05, 3.63) is 54.0 Å². The van der Waals surface area contributed by atoms with Gasteiger partial charge in [-0.05, 0) is 24.6 Å². The minimum absolute atomic E-state index is 0.216. The summed E-state index contributed by atoms with van der Waals surface area (Å²) in [5, 5.41) is 3.41. The van der Waals surface area contributed by atoms with E-state index in [9.17, 15) is 0 Å². The second-order valence-corrected chi connectivity index (χ2v) is 4.07. The topological polar surface area (TPSA) is 47.0 Å². The summed E-state index contributed by atoms with van der Waals surface area (Å²) in [5.41, 5.74) is 2.16. The van der Waals surface area contributed by atoms with E-state index in [0.29, 0.717) is 5.88 Å². The van der Waals surface area contributed by atoms with Crippen LogP contribution in [0, 0.1) is 0 Å². The van der Waals surface area contributed by atoms with Gasteiger partial charge in [-0.15, -0.1) is 0 Å². The highest BCUT2D eigenvalue weighted by atomic mass is 16.5.